The van der Waals surface area contributed by atoms with Crippen LogP contribution < -0.4 is 0 Å². The molecule has 2 N–H and O–H groups in total. The molecule has 0 spiro atoms. The zero-order chi connectivity index (χ0) is 11.6. The summed E-state index contributed by atoms with van der Waals surface area (Å²) in [7, 11) is 0. The molecule has 0 radical (unpaired) electrons. The van der Waals surface area contributed by atoms with Crippen LogP contribution in [0.5, 0.6) is 0 Å². The maximum Gasteiger partial charge on any atom is 0.324 e. The maximum absolute atomic E-state index is 10.6. The van der Waals surface area contributed by atoms with Crippen LogP contribution in [0.4, 0.5) is 0 Å². The first-order chi connectivity index (χ1) is 6.09. The molecule has 6 heteroatoms. The molecular weight excluding hydrogens is 231 g/mol. The van der Waals surface area contributed by atoms with Crippen LogP contribution in [0.15, 0.2) is 0 Å². The van der Waals surface area contributed by atoms with E-state index in [0.29, 0.717) is 0 Å². The highest BCUT2D eigenvalue weighted by atomic mass is 35.5. The van der Waals surface area contributed by atoms with Crippen LogP contribution >= 0.6 is 23.2 Å². The first-order valence-corrected chi connectivity index (χ1v) is 4.70. The van der Waals surface area contributed by atoms with Gasteiger partial charge in [0.15, 0.2) is 0 Å². The third-order valence-corrected chi connectivity index (χ3v) is 2.66. The van der Waals surface area contributed by atoms with Gasteiger partial charge in [0, 0.05) is 0 Å². The average Bonchev–Trinajstić information content (AvgIpc) is 2.01. The number of halogens is 2. The third kappa shape index (κ3) is 3.72. The lowest BCUT2D eigenvalue weighted by atomic mass is 9.97. The second kappa shape index (κ2) is 4.36. The SMILES string of the molecule is CC(Cl)(CCC(C)(Cl)C(=O)O)C(=O)O. The van der Waals surface area contributed by atoms with Gasteiger partial charge < -0.3 is 10.2 Å². The Labute approximate surface area is 91.8 Å². The standard InChI is InChI=1S/C8H12Cl2O4/c1-7(9,5(11)12)3-4-8(2,10)6(13)14/h3-4H2,1-2H3,(H,11,12)(H,13,14). The molecular formula is C8H12Cl2O4. The van der Waals surface area contributed by atoms with Crippen LogP contribution in [0, 0.1) is 0 Å². The molecule has 82 valence electrons. The highest BCUT2D eigenvalue weighted by molar-refractivity contribution is 6.34. The van der Waals surface area contributed by atoms with Crippen LogP contribution in [0.3, 0.4) is 0 Å². The Hall–Kier alpha value is -0.480. The highest BCUT2D eigenvalue weighted by Gasteiger charge is 2.37. The lowest BCUT2D eigenvalue weighted by Crippen LogP contribution is -2.34. The fourth-order valence-corrected chi connectivity index (χ4v) is 0.872. The molecule has 0 rings (SSSR count). The zero-order valence-electron chi connectivity index (χ0n) is 7.88. The number of carboxylic acid groups (broad SMARTS) is 2. The fourth-order valence-electron chi connectivity index (χ4n) is 0.683. The second-order valence-corrected chi connectivity index (χ2v) is 5.17. The van der Waals surface area contributed by atoms with E-state index in [2.05, 4.69) is 0 Å². The molecule has 0 aliphatic heterocycles. The molecule has 14 heavy (non-hydrogen) atoms. The molecule has 4 nitrogen and oxygen atoms in total. The molecule has 0 aromatic rings. The van der Waals surface area contributed by atoms with Gasteiger partial charge in [-0.3, -0.25) is 9.59 Å². The Morgan fingerprint density at radius 3 is 1.36 bits per heavy atom. The van der Waals surface area contributed by atoms with Crippen molar-refractivity contribution in [2.45, 2.75) is 36.4 Å². The second-order valence-electron chi connectivity index (χ2n) is 3.51. The molecule has 0 amide bonds. The van der Waals surface area contributed by atoms with Crippen LogP contribution in [0.25, 0.3) is 0 Å². The highest BCUT2D eigenvalue weighted by Crippen LogP contribution is 2.29. The van der Waals surface area contributed by atoms with Gasteiger partial charge in [-0.25, -0.2) is 0 Å². The van der Waals surface area contributed by atoms with Gasteiger partial charge in [-0.1, -0.05) is 0 Å². The van der Waals surface area contributed by atoms with Crippen LogP contribution in [0.2, 0.25) is 0 Å². The van der Waals surface area contributed by atoms with Gasteiger partial charge in [-0.05, 0) is 26.7 Å². The average molecular weight is 243 g/mol. The van der Waals surface area contributed by atoms with Crippen molar-refractivity contribution in [1.29, 1.82) is 0 Å². The summed E-state index contributed by atoms with van der Waals surface area (Å²) in [4.78, 5) is 18.2. The van der Waals surface area contributed by atoms with E-state index in [1.165, 1.54) is 13.8 Å². The Balaban J connectivity index is 4.32. The van der Waals surface area contributed by atoms with Crippen molar-refractivity contribution in [2.75, 3.05) is 0 Å². The quantitative estimate of drug-likeness (QED) is 0.723. The van der Waals surface area contributed by atoms with Crippen molar-refractivity contribution in [1.82, 2.24) is 0 Å². The number of carbonyl (C=O) groups is 2. The first kappa shape index (κ1) is 13.5. The summed E-state index contributed by atoms with van der Waals surface area (Å²) >= 11 is 11.3. The van der Waals surface area contributed by atoms with Crippen molar-refractivity contribution in [3.8, 4) is 0 Å². The summed E-state index contributed by atoms with van der Waals surface area (Å²) in [5.41, 5.74) is 0. The van der Waals surface area contributed by atoms with Crippen molar-refractivity contribution in [3.05, 3.63) is 0 Å². The topological polar surface area (TPSA) is 74.6 Å². The van der Waals surface area contributed by atoms with Crippen molar-refractivity contribution in [2.24, 2.45) is 0 Å². The summed E-state index contributed by atoms with van der Waals surface area (Å²) in [6, 6.07) is 0. The molecule has 0 saturated heterocycles. The normalized spacial score (nSPS) is 19.4. The molecule has 0 saturated carbocycles. The predicted molar refractivity (Wildman–Crippen MR) is 53.0 cm³/mol. The van der Waals surface area contributed by atoms with Crippen molar-refractivity contribution in [3.63, 3.8) is 0 Å². The van der Waals surface area contributed by atoms with Crippen LogP contribution in [-0.4, -0.2) is 31.9 Å². The Kier molecular flexibility index (Phi) is 4.21. The minimum absolute atomic E-state index is 0.00378. The van der Waals surface area contributed by atoms with Crippen molar-refractivity contribution >= 4 is 35.1 Å². The Morgan fingerprint density at radius 1 is 1.00 bits per heavy atom. The van der Waals surface area contributed by atoms with Crippen LogP contribution in [-0.2, 0) is 9.59 Å². The molecule has 0 aromatic heterocycles. The number of rotatable bonds is 5. The number of aliphatic carboxylic acids is 2. The number of hydrogen-bond donors (Lipinski definition) is 2. The van der Waals surface area contributed by atoms with Gasteiger partial charge in [-0.2, -0.15) is 0 Å². The maximum atomic E-state index is 10.6. The van der Waals surface area contributed by atoms with Gasteiger partial charge in [0.1, 0.15) is 9.75 Å². The van der Waals surface area contributed by atoms with E-state index < -0.39 is 21.7 Å². The molecule has 0 fully saturated rings. The number of hydrogen-bond acceptors (Lipinski definition) is 2. The lowest BCUT2D eigenvalue weighted by Gasteiger charge is -2.21. The van der Waals surface area contributed by atoms with E-state index in [1.54, 1.807) is 0 Å². The number of alkyl halides is 2. The summed E-state index contributed by atoms with van der Waals surface area (Å²) in [5.74, 6) is -2.37. The monoisotopic (exact) mass is 242 g/mol. The first-order valence-electron chi connectivity index (χ1n) is 3.94. The zero-order valence-corrected chi connectivity index (χ0v) is 9.39. The largest absolute Gasteiger partial charge is 0.480 e. The molecule has 0 aliphatic carbocycles. The minimum atomic E-state index is -1.47. The van der Waals surface area contributed by atoms with Gasteiger partial charge in [0.05, 0.1) is 0 Å². The van der Waals surface area contributed by atoms with Gasteiger partial charge in [0.25, 0.3) is 0 Å². The Morgan fingerprint density at radius 2 is 1.21 bits per heavy atom. The molecule has 0 aromatic carbocycles. The van der Waals surface area contributed by atoms with E-state index in [1.807, 2.05) is 0 Å². The summed E-state index contributed by atoms with van der Waals surface area (Å²) in [6.07, 6.45) is -0.00756. The minimum Gasteiger partial charge on any atom is -0.480 e. The molecule has 0 heterocycles. The smallest absolute Gasteiger partial charge is 0.324 e. The molecule has 2 atom stereocenters. The van der Waals surface area contributed by atoms with E-state index in [4.69, 9.17) is 33.4 Å². The van der Waals surface area contributed by atoms with E-state index in [-0.39, 0.29) is 12.8 Å². The van der Waals surface area contributed by atoms with Crippen LogP contribution in [0.1, 0.15) is 26.7 Å². The lowest BCUT2D eigenvalue weighted by molar-refractivity contribution is -0.142. The number of carboxylic acids is 2. The third-order valence-electron chi connectivity index (χ3n) is 1.96. The van der Waals surface area contributed by atoms with Gasteiger partial charge >= 0.3 is 11.9 Å². The fraction of sp³-hybridized carbons (Fsp3) is 0.750. The van der Waals surface area contributed by atoms with Gasteiger partial charge in [0.2, 0.25) is 0 Å². The molecule has 2 unspecified atom stereocenters. The Bertz CT molecular complexity index is 222. The van der Waals surface area contributed by atoms with E-state index in [9.17, 15) is 9.59 Å². The predicted octanol–water partition coefficient (Wildman–Crippen LogP) is 1.93. The van der Waals surface area contributed by atoms with Gasteiger partial charge in [-0.15, -0.1) is 23.2 Å². The molecule has 0 bridgehead atoms. The summed E-state index contributed by atoms with van der Waals surface area (Å²) < 4.78 is 0. The van der Waals surface area contributed by atoms with E-state index in [0.717, 1.165) is 0 Å². The summed E-state index contributed by atoms with van der Waals surface area (Å²) in [6.45, 7) is 2.62. The van der Waals surface area contributed by atoms with Crippen molar-refractivity contribution < 1.29 is 19.8 Å². The summed E-state index contributed by atoms with van der Waals surface area (Å²) in [5, 5.41) is 17.3. The van der Waals surface area contributed by atoms with E-state index >= 15 is 0 Å². The molecule has 0 aliphatic rings.